The van der Waals surface area contributed by atoms with Crippen molar-refractivity contribution in [2.24, 2.45) is 17.6 Å². The fourth-order valence-electron chi connectivity index (χ4n) is 2.52. The number of hydrogen-bond acceptors (Lipinski definition) is 3. The van der Waals surface area contributed by atoms with Gasteiger partial charge in [0.05, 0.1) is 6.61 Å². The van der Waals surface area contributed by atoms with E-state index in [-0.39, 0.29) is 0 Å². The molecule has 2 rings (SSSR count). The van der Waals surface area contributed by atoms with E-state index in [0.29, 0.717) is 18.4 Å². The minimum atomic E-state index is 0.585. The van der Waals surface area contributed by atoms with Crippen molar-refractivity contribution >= 4 is 0 Å². The normalized spacial score (nSPS) is 25.1. The Bertz CT molecular complexity index is 321. The molecule has 0 spiro atoms. The Balaban J connectivity index is 1.71. The van der Waals surface area contributed by atoms with Crippen molar-refractivity contribution in [2.75, 3.05) is 13.2 Å². The first-order valence-corrected chi connectivity index (χ1v) is 6.12. The Labute approximate surface area is 97.0 Å². The van der Waals surface area contributed by atoms with Crippen LogP contribution in [-0.4, -0.2) is 13.2 Å². The van der Waals surface area contributed by atoms with Gasteiger partial charge in [0.25, 0.3) is 0 Å². The summed E-state index contributed by atoms with van der Waals surface area (Å²) in [5, 5.41) is 0. The molecule has 0 bridgehead atoms. The van der Waals surface area contributed by atoms with E-state index < -0.39 is 0 Å². The molecule has 0 amide bonds. The molecule has 0 saturated heterocycles. The zero-order valence-electron chi connectivity index (χ0n) is 9.95. The standard InChI is InChI=1S/C13H21NO2/c1-10-5-6-13(16-10)9-15-8-12-4-2-3-11(12)7-14/h5-6,11-12H,2-4,7-9,14H2,1H3. The third-order valence-electron chi connectivity index (χ3n) is 3.49. The molecule has 90 valence electrons. The van der Waals surface area contributed by atoms with E-state index in [9.17, 15) is 0 Å². The maximum Gasteiger partial charge on any atom is 0.129 e. The van der Waals surface area contributed by atoms with Gasteiger partial charge in [0.2, 0.25) is 0 Å². The lowest BCUT2D eigenvalue weighted by Crippen LogP contribution is -2.22. The van der Waals surface area contributed by atoms with Gasteiger partial charge in [-0.05, 0) is 50.3 Å². The smallest absolute Gasteiger partial charge is 0.129 e. The lowest BCUT2D eigenvalue weighted by atomic mass is 9.97. The number of ether oxygens (including phenoxy) is 1. The average Bonchev–Trinajstić information content (AvgIpc) is 2.87. The molecular weight excluding hydrogens is 202 g/mol. The van der Waals surface area contributed by atoms with Gasteiger partial charge in [0.1, 0.15) is 18.1 Å². The van der Waals surface area contributed by atoms with E-state index in [2.05, 4.69) is 0 Å². The minimum Gasteiger partial charge on any atom is -0.464 e. The van der Waals surface area contributed by atoms with Crippen LogP contribution in [-0.2, 0) is 11.3 Å². The summed E-state index contributed by atoms with van der Waals surface area (Å²) >= 11 is 0. The maximum atomic E-state index is 5.74. The quantitative estimate of drug-likeness (QED) is 0.834. The van der Waals surface area contributed by atoms with E-state index in [4.69, 9.17) is 14.9 Å². The summed E-state index contributed by atoms with van der Waals surface area (Å²) in [5.74, 6) is 3.18. The van der Waals surface area contributed by atoms with Gasteiger partial charge in [-0.2, -0.15) is 0 Å². The third kappa shape index (κ3) is 2.86. The molecule has 0 aromatic carbocycles. The van der Waals surface area contributed by atoms with E-state index >= 15 is 0 Å². The van der Waals surface area contributed by atoms with Crippen molar-refractivity contribution in [3.63, 3.8) is 0 Å². The van der Waals surface area contributed by atoms with Crippen LogP contribution in [0.15, 0.2) is 16.5 Å². The molecule has 0 aliphatic heterocycles. The van der Waals surface area contributed by atoms with Crippen molar-refractivity contribution in [1.82, 2.24) is 0 Å². The molecule has 3 heteroatoms. The van der Waals surface area contributed by atoms with Gasteiger partial charge in [-0.1, -0.05) is 6.42 Å². The van der Waals surface area contributed by atoms with Crippen molar-refractivity contribution < 1.29 is 9.15 Å². The van der Waals surface area contributed by atoms with E-state index in [1.165, 1.54) is 19.3 Å². The molecule has 3 nitrogen and oxygen atoms in total. The van der Waals surface area contributed by atoms with Crippen LogP contribution < -0.4 is 5.73 Å². The van der Waals surface area contributed by atoms with Crippen LogP contribution in [0.1, 0.15) is 30.8 Å². The van der Waals surface area contributed by atoms with Gasteiger partial charge in [0.15, 0.2) is 0 Å². The fraction of sp³-hybridized carbons (Fsp3) is 0.692. The van der Waals surface area contributed by atoms with Crippen LogP contribution >= 0.6 is 0 Å². The summed E-state index contributed by atoms with van der Waals surface area (Å²) < 4.78 is 11.2. The number of aryl methyl sites for hydroxylation is 1. The lowest BCUT2D eigenvalue weighted by Gasteiger charge is -2.17. The summed E-state index contributed by atoms with van der Waals surface area (Å²) in [7, 11) is 0. The second-order valence-corrected chi connectivity index (χ2v) is 4.71. The van der Waals surface area contributed by atoms with Gasteiger partial charge >= 0.3 is 0 Å². The number of hydrogen-bond donors (Lipinski definition) is 1. The minimum absolute atomic E-state index is 0.585. The third-order valence-corrected chi connectivity index (χ3v) is 3.49. The van der Waals surface area contributed by atoms with Crippen molar-refractivity contribution in [1.29, 1.82) is 0 Å². The first-order valence-electron chi connectivity index (χ1n) is 6.12. The highest BCUT2D eigenvalue weighted by molar-refractivity contribution is 5.04. The Morgan fingerprint density at radius 2 is 2.19 bits per heavy atom. The molecule has 1 fully saturated rings. The largest absolute Gasteiger partial charge is 0.464 e. The molecule has 0 radical (unpaired) electrons. The number of furan rings is 1. The lowest BCUT2D eigenvalue weighted by molar-refractivity contribution is 0.0645. The highest BCUT2D eigenvalue weighted by atomic mass is 16.5. The van der Waals surface area contributed by atoms with Gasteiger partial charge in [-0.3, -0.25) is 0 Å². The van der Waals surface area contributed by atoms with Gasteiger partial charge in [0, 0.05) is 0 Å². The number of rotatable bonds is 5. The summed E-state index contributed by atoms with van der Waals surface area (Å²) in [6, 6.07) is 3.95. The van der Waals surface area contributed by atoms with Crippen molar-refractivity contribution in [3.8, 4) is 0 Å². The summed E-state index contributed by atoms with van der Waals surface area (Å²) in [4.78, 5) is 0. The van der Waals surface area contributed by atoms with Gasteiger partial charge in [-0.25, -0.2) is 0 Å². The van der Waals surface area contributed by atoms with Gasteiger partial charge < -0.3 is 14.9 Å². The van der Waals surface area contributed by atoms with Crippen molar-refractivity contribution in [2.45, 2.75) is 32.8 Å². The Hall–Kier alpha value is -0.800. The van der Waals surface area contributed by atoms with Crippen LogP contribution in [0.25, 0.3) is 0 Å². The zero-order valence-corrected chi connectivity index (χ0v) is 9.95. The second-order valence-electron chi connectivity index (χ2n) is 4.71. The van der Waals surface area contributed by atoms with Crippen LogP contribution in [0.5, 0.6) is 0 Å². The van der Waals surface area contributed by atoms with Crippen molar-refractivity contribution in [3.05, 3.63) is 23.7 Å². The Kier molecular flexibility index (Phi) is 4.02. The van der Waals surface area contributed by atoms with E-state index in [1.807, 2.05) is 19.1 Å². The predicted octanol–water partition coefficient (Wildman–Crippen LogP) is 2.48. The molecule has 2 unspecified atom stereocenters. The van der Waals surface area contributed by atoms with E-state index in [1.54, 1.807) is 0 Å². The monoisotopic (exact) mass is 223 g/mol. The molecule has 1 heterocycles. The highest BCUT2D eigenvalue weighted by Crippen LogP contribution is 2.31. The first kappa shape index (κ1) is 11.7. The summed E-state index contributed by atoms with van der Waals surface area (Å²) in [6.07, 6.45) is 3.83. The fourth-order valence-corrected chi connectivity index (χ4v) is 2.52. The number of nitrogens with two attached hydrogens (primary N) is 1. The Morgan fingerprint density at radius 3 is 2.88 bits per heavy atom. The molecule has 1 aliphatic rings. The summed E-state index contributed by atoms with van der Waals surface area (Å²) in [6.45, 7) is 4.15. The summed E-state index contributed by atoms with van der Waals surface area (Å²) in [5.41, 5.74) is 5.74. The topological polar surface area (TPSA) is 48.4 Å². The molecule has 1 aromatic heterocycles. The molecule has 16 heavy (non-hydrogen) atoms. The SMILES string of the molecule is Cc1ccc(COCC2CCCC2CN)o1. The van der Waals surface area contributed by atoms with Crippen LogP contribution in [0.4, 0.5) is 0 Å². The Morgan fingerprint density at radius 1 is 1.38 bits per heavy atom. The maximum absolute atomic E-state index is 5.74. The highest BCUT2D eigenvalue weighted by Gasteiger charge is 2.25. The molecule has 2 N–H and O–H groups in total. The molecule has 1 aliphatic carbocycles. The first-order chi connectivity index (χ1) is 7.79. The van der Waals surface area contributed by atoms with E-state index in [0.717, 1.165) is 24.7 Å². The molecular formula is C13H21NO2. The molecule has 1 aromatic rings. The average molecular weight is 223 g/mol. The molecule has 1 saturated carbocycles. The van der Waals surface area contributed by atoms with Crippen LogP contribution in [0.2, 0.25) is 0 Å². The molecule has 2 atom stereocenters. The predicted molar refractivity (Wildman–Crippen MR) is 63.0 cm³/mol. The second kappa shape index (κ2) is 5.51. The van der Waals surface area contributed by atoms with Gasteiger partial charge in [-0.15, -0.1) is 0 Å². The van der Waals surface area contributed by atoms with Crippen LogP contribution in [0, 0.1) is 18.8 Å². The van der Waals surface area contributed by atoms with Crippen LogP contribution in [0.3, 0.4) is 0 Å². The zero-order chi connectivity index (χ0) is 11.4.